The number of aromatic amines is 2. The summed E-state index contributed by atoms with van der Waals surface area (Å²) in [6.07, 6.45) is 25.5. The molecule has 0 spiro atoms. The number of hydrogen-bond donors (Lipinski definition) is 4. The van der Waals surface area contributed by atoms with Crippen molar-refractivity contribution in [2.45, 2.75) is 218 Å². The summed E-state index contributed by atoms with van der Waals surface area (Å²) in [4.78, 5) is 138. The number of H-pyrrole nitrogens is 2. The van der Waals surface area contributed by atoms with E-state index in [1.807, 2.05) is 127 Å². The topological polar surface area (TPSA) is 253 Å². The van der Waals surface area contributed by atoms with Crippen LogP contribution in [-0.2, 0) is 41.7 Å². The Morgan fingerprint density at radius 1 is 0.483 bits per heavy atom. The molecular formula is C90H118N14O9S3. The number of carbonyl (C=O) groups excluding carboxylic acids is 8. The minimum Gasteiger partial charge on any atom is -0.342 e. The molecule has 10 amide bonds. The quantitative estimate of drug-likeness (QED) is 0.0588. The first-order valence-corrected chi connectivity index (χ1v) is 45.7. The van der Waals surface area contributed by atoms with Crippen LogP contribution in [-0.4, -0.2) is 205 Å². The SMILES string of the molecule is CCC1SC(CC(=O)N2CCC(n3cc(-c4ccccc4)[nH]c3=O)CC2)C(=O)N1CC1CC1.Cc1cc(C2SC(CC(=O)N3CCC(N4Cc5ccccc5NC4=O)CC3)C(=O)N2CC2CCCCC2)cc2cn[nH]c12.O=C(CC1SC(c2ccccc2)N(CC2CCCCC2)C1=O)N1CCC(N2CCc3ccccc3NC2=O)CC1.[HH].[HH].[HH]. The summed E-state index contributed by atoms with van der Waals surface area (Å²) in [5.74, 6) is 2.26. The molecule has 5 aromatic carbocycles. The highest BCUT2D eigenvalue weighted by Gasteiger charge is 2.48. The van der Waals surface area contributed by atoms with Gasteiger partial charge in [-0.1, -0.05) is 149 Å². The normalized spacial score (nSPS) is 24.0. The minimum atomic E-state index is -0.386. The average Bonchev–Trinajstić information content (AvgIpc) is 1.53. The number of amides is 10. The van der Waals surface area contributed by atoms with E-state index in [-0.39, 0.29) is 127 Å². The molecule has 11 aliphatic rings. The lowest BCUT2D eigenvalue weighted by molar-refractivity contribution is -0.137. The predicted molar refractivity (Wildman–Crippen MR) is 464 cm³/mol. The van der Waals surface area contributed by atoms with Gasteiger partial charge in [0.05, 0.1) is 38.5 Å². The van der Waals surface area contributed by atoms with Crippen LogP contribution in [0.25, 0.3) is 22.2 Å². The van der Waals surface area contributed by atoms with E-state index < -0.39 is 0 Å². The number of urea groups is 2. The van der Waals surface area contributed by atoms with Gasteiger partial charge in [0.1, 0.15) is 10.7 Å². The molecular weight excluding hydrogens is 1520 g/mol. The number of nitrogens with zero attached hydrogens (tertiary/aromatic N) is 10. The van der Waals surface area contributed by atoms with Crippen molar-refractivity contribution in [2.75, 3.05) is 76.1 Å². The summed E-state index contributed by atoms with van der Waals surface area (Å²) in [6, 6.07) is 40.5. The lowest BCUT2D eigenvalue weighted by atomic mass is 9.88. The Labute approximate surface area is 697 Å². The summed E-state index contributed by atoms with van der Waals surface area (Å²) in [7, 11) is 0. The number of piperidine rings is 3. The van der Waals surface area contributed by atoms with Crippen molar-refractivity contribution < 1.29 is 42.6 Å². The number of carbonyl (C=O) groups is 8. The van der Waals surface area contributed by atoms with Gasteiger partial charge in [-0.2, -0.15) is 5.10 Å². The Balaban J connectivity index is 0.000000154. The number of aromatic nitrogens is 4. The summed E-state index contributed by atoms with van der Waals surface area (Å²) >= 11 is 4.95. The molecule has 3 aliphatic carbocycles. The maximum atomic E-state index is 13.9. The zero-order chi connectivity index (χ0) is 79.9. The number of likely N-dealkylation sites (tertiary alicyclic amines) is 3. The van der Waals surface area contributed by atoms with Crippen LogP contribution in [0.4, 0.5) is 21.0 Å². The molecule has 620 valence electrons. The lowest BCUT2D eigenvalue weighted by Gasteiger charge is -2.40. The van der Waals surface area contributed by atoms with Gasteiger partial charge >= 0.3 is 17.8 Å². The highest BCUT2D eigenvalue weighted by molar-refractivity contribution is 8.02. The largest absolute Gasteiger partial charge is 0.342 e. The predicted octanol–water partition coefficient (Wildman–Crippen LogP) is 15.7. The number of imidazole rings is 1. The Hall–Kier alpha value is -9.01. The second-order valence-corrected chi connectivity index (χ2v) is 37.8. The molecule has 0 bridgehead atoms. The summed E-state index contributed by atoms with van der Waals surface area (Å²) in [6.45, 7) is 11.6. The van der Waals surface area contributed by atoms with Crippen molar-refractivity contribution in [1.29, 1.82) is 0 Å². The first kappa shape index (κ1) is 80.8. The van der Waals surface area contributed by atoms with Crippen LogP contribution in [0.15, 0.2) is 139 Å². The molecule has 6 atom stereocenters. The second-order valence-electron chi connectivity index (χ2n) is 33.9. The Kier molecular flexibility index (Phi) is 25.7. The third-order valence-corrected chi connectivity index (χ3v) is 30.7. The van der Waals surface area contributed by atoms with E-state index in [1.54, 1.807) is 39.9 Å². The van der Waals surface area contributed by atoms with E-state index in [4.69, 9.17) is 0 Å². The van der Waals surface area contributed by atoms with E-state index in [9.17, 15) is 43.2 Å². The van der Waals surface area contributed by atoms with Gasteiger partial charge in [-0.3, -0.25) is 38.4 Å². The first-order chi connectivity index (χ1) is 56.5. The zero-order valence-electron chi connectivity index (χ0n) is 67.0. The van der Waals surface area contributed by atoms with E-state index in [0.717, 1.165) is 132 Å². The van der Waals surface area contributed by atoms with Crippen LogP contribution in [0.5, 0.6) is 0 Å². The molecule has 18 rings (SSSR count). The molecule has 0 radical (unpaired) electrons. The Morgan fingerprint density at radius 2 is 0.948 bits per heavy atom. The van der Waals surface area contributed by atoms with Crippen LogP contribution in [0.1, 0.15) is 197 Å². The maximum absolute atomic E-state index is 13.9. The van der Waals surface area contributed by atoms with Gasteiger partial charge in [0.25, 0.3) is 0 Å². The highest BCUT2D eigenvalue weighted by Crippen LogP contribution is 2.49. The number of hydrogen-bond acceptors (Lipinski definition) is 13. The third kappa shape index (κ3) is 18.6. The number of rotatable bonds is 19. The van der Waals surface area contributed by atoms with E-state index >= 15 is 0 Å². The van der Waals surface area contributed by atoms with E-state index in [0.29, 0.717) is 70.1 Å². The molecule has 3 saturated carbocycles. The summed E-state index contributed by atoms with van der Waals surface area (Å²) in [5.41, 5.74) is 10.2. The smallest absolute Gasteiger partial charge is 0.326 e. The van der Waals surface area contributed by atoms with Crippen molar-refractivity contribution >= 4 is 105 Å². The van der Waals surface area contributed by atoms with Crippen LogP contribution >= 0.6 is 35.3 Å². The molecule has 9 fully saturated rings. The van der Waals surface area contributed by atoms with Crippen LogP contribution < -0.4 is 16.3 Å². The van der Waals surface area contributed by atoms with Crippen LogP contribution in [0, 0.1) is 24.7 Å². The fourth-order valence-corrected chi connectivity index (χ4v) is 23.6. The lowest BCUT2D eigenvalue weighted by Crippen LogP contribution is -2.51. The molecule has 116 heavy (non-hydrogen) atoms. The zero-order valence-corrected chi connectivity index (χ0v) is 69.5. The standard InChI is InChI=1S/C33H40N6O3S.C32H40N4O3S.C25H32N4O3S.3H2/c1-21-15-24(16-25-18-34-36-30(21)25)32-39(19-22-7-3-2-4-8-22)31(41)28(43-32)17-29(40)37-13-11-26(12-14-37)38-20-23-9-5-6-10-27(23)35-33(38)42;37-29(34-18-16-26(17-19-34)35-20-15-24-11-7-8-14-27(24)33-32(35)39)21-28-30(38)36(22-23-9-3-1-4-10-23)31(40-28)25-12-5-2-6-13-25;1-2-23-29(15-17-8-9-17)24(31)21(33-23)14-22(30)27-12-10-19(11-13-27)28-16-20(26-25(28)32)18-6-4-3-5-7-18;;;/h5-6,9-10,15-16,18,22,26,28,32H,2-4,7-8,11-14,17,19-20H2,1H3,(H,34,36)(H,35,42);2,5-8,11-14,23,26,28,31H,1,3-4,9-10,15-22H2,(H,33,39);3-7,16-17,19,21,23H,2,8-15H2,1H3,(H,26,32);3*1H. The summed E-state index contributed by atoms with van der Waals surface area (Å²) in [5, 5.41) is 13.5. The van der Waals surface area contributed by atoms with Crippen molar-refractivity contribution in [3.05, 3.63) is 172 Å². The van der Waals surface area contributed by atoms with Crippen LogP contribution in [0.3, 0.4) is 0 Å². The van der Waals surface area contributed by atoms with E-state index in [2.05, 4.69) is 85.9 Å². The van der Waals surface area contributed by atoms with Crippen molar-refractivity contribution in [1.82, 2.24) is 58.9 Å². The number of anilines is 2. The van der Waals surface area contributed by atoms with Gasteiger partial charge in [-0.05, 0) is 166 Å². The number of nitrogens with one attached hydrogen (secondary N) is 4. The molecule has 6 unspecified atom stereocenters. The van der Waals surface area contributed by atoms with Crippen LogP contribution in [0.2, 0.25) is 0 Å². The molecule has 4 N–H and O–H groups in total. The van der Waals surface area contributed by atoms with Gasteiger partial charge in [0.15, 0.2) is 0 Å². The van der Waals surface area contributed by atoms with Gasteiger partial charge in [-0.15, -0.1) is 35.3 Å². The van der Waals surface area contributed by atoms with Crippen molar-refractivity contribution in [3.8, 4) is 11.3 Å². The highest BCUT2D eigenvalue weighted by atomic mass is 32.2. The number of thioether (sulfide) groups is 3. The number of benzene rings is 5. The molecule has 6 saturated heterocycles. The fourth-order valence-electron chi connectivity index (χ4n) is 19.4. The Bertz CT molecular complexity index is 4730. The third-order valence-electron chi connectivity index (χ3n) is 26.1. The fraction of sp³-hybridized carbons (Fsp3) is 0.533. The van der Waals surface area contributed by atoms with Gasteiger partial charge in [-0.25, -0.2) is 14.4 Å². The molecule has 8 aliphatic heterocycles. The van der Waals surface area contributed by atoms with Gasteiger partial charge < -0.3 is 54.8 Å². The molecule has 26 heteroatoms. The van der Waals surface area contributed by atoms with Crippen molar-refractivity contribution in [3.63, 3.8) is 0 Å². The van der Waals surface area contributed by atoms with Gasteiger partial charge in [0.2, 0.25) is 35.4 Å². The molecule has 10 heterocycles. The molecule has 7 aromatic rings. The number of aryl methyl sites for hydroxylation is 1. The molecule has 2 aromatic heterocycles. The number of fused-ring (bicyclic) bond motifs is 3. The maximum Gasteiger partial charge on any atom is 0.326 e. The Morgan fingerprint density at radius 3 is 1.51 bits per heavy atom. The first-order valence-electron chi connectivity index (χ1n) is 42.9. The summed E-state index contributed by atoms with van der Waals surface area (Å²) < 4.78 is 1.78. The average molecular weight is 1640 g/mol. The monoisotopic (exact) mass is 1630 g/mol. The number of para-hydroxylation sites is 2. The molecule has 23 nitrogen and oxygen atoms in total. The van der Waals surface area contributed by atoms with Crippen molar-refractivity contribution in [2.24, 2.45) is 17.8 Å². The second kappa shape index (κ2) is 36.9. The van der Waals surface area contributed by atoms with E-state index in [1.165, 1.54) is 77.0 Å². The van der Waals surface area contributed by atoms with Gasteiger partial charge in [0, 0.05) is 137 Å². The minimum absolute atomic E-state index is 0.